The van der Waals surface area contributed by atoms with Gasteiger partial charge in [-0.2, -0.15) is 0 Å². The number of sulfonamides is 1. The summed E-state index contributed by atoms with van der Waals surface area (Å²) in [6, 6.07) is 6.83. The second-order valence-corrected chi connectivity index (χ2v) is 5.51. The average molecular weight is 308 g/mol. The van der Waals surface area contributed by atoms with Gasteiger partial charge < -0.3 is 0 Å². The maximum atomic E-state index is 13.6. The summed E-state index contributed by atoms with van der Waals surface area (Å²) in [4.78, 5) is 0. The van der Waals surface area contributed by atoms with Crippen LogP contribution in [0.2, 0.25) is 0 Å². The Hall–Kier alpha value is -0.880. The van der Waals surface area contributed by atoms with Crippen molar-refractivity contribution in [1.82, 2.24) is 4.72 Å². The number of halogens is 2. The molecule has 0 atom stereocenters. The van der Waals surface area contributed by atoms with Gasteiger partial charge in [-0.3, -0.25) is 4.72 Å². The fraction of sp³-hybridized carbons (Fsp3) is 0.200. The Balaban J connectivity index is 3.00. The van der Waals surface area contributed by atoms with Crippen molar-refractivity contribution >= 4 is 31.8 Å². The number of rotatable bonds is 4. The third-order valence-electron chi connectivity index (χ3n) is 1.82. The minimum absolute atomic E-state index is 0.371. The summed E-state index contributed by atoms with van der Waals surface area (Å²) in [6.45, 7) is 0. The molecule has 1 aromatic rings. The molecule has 0 aliphatic carbocycles. The van der Waals surface area contributed by atoms with E-state index < -0.39 is 15.9 Å². The molecule has 0 unspecified atom stereocenters. The molecule has 6 heteroatoms. The van der Waals surface area contributed by atoms with Crippen LogP contribution in [0.15, 0.2) is 30.5 Å². The van der Waals surface area contributed by atoms with E-state index in [0.29, 0.717) is 10.9 Å². The first kappa shape index (κ1) is 13.2. The maximum Gasteiger partial charge on any atom is 0.229 e. The molecule has 88 valence electrons. The van der Waals surface area contributed by atoms with Crippen LogP contribution in [-0.4, -0.2) is 14.7 Å². The molecule has 0 spiro atoms. The molecule has 0 aliphatic rings. The van der Waals surface area contributed by atoms with Crippen LogP contribution >= 0.6 is 15.9 Å². The highest BCUT2D eigenvalue weighted by Gasteiger charge is 2.06. The molecular weight excluding hydrogens is 297 g/mol. The monoisotopic (exact) mass is 307 g/mol. The van der Waals surface area contributed by atoms with Crippen molar-refractivity contribution in [2.75, 3.05) is 6.26 Å². The first-order chi connectivity index (χ1) is 7.44. The van der Waals surface area contributed by atoms with Crippen LogP contribution in [0.4, 0.5) is 4.39 Å². The van der Waals surface area contributed by atoms with Crippen molar-refractivity contribution < 1.29 is 12.8 Å². The number of alkyl halides is 1. The maximum absolute atomic E-state index is 13.6. The van der Waals surface area contributed by atoms with Crippen LogP contribution in [0.5, 0.6) is 0 Å². The van der Waals surface area contributed by atoms with Gasteiger partial charge in [0, 0.05) is 17.1 Å². The molecule has 0 heterocycles. The number of benzene rings is 1. The lowest BCUT2D eigenvalue weighted by Crippen LogP contribution is -2.15. The van der Waals surface area contributed by atoms with E-state index in [1.807, 2.05) is 4.72 Å². The molecule has 3 nitrogen and oxygen atoms in total. The lowest BCUT2D eigenvalue weighted by Gasteiger charge is -2.04. The SMILES string of the molecule is CS(=O)(=O)N/C=C(/F)c1ccccc1CBr. The van der Waals surface area contributed by atoms with Gasteiger partial charge in [-0.1, -0.05) is 40.2 Å². The van der Waals surface area contributed by atoms with Crippen molar-refractivity contribution in [3.63, 3.8) is 0 Å². The zero-order chi connectivity index (χ0) is 12.2. The highest BCUT2D eigenvalue weighted by Crippen LogP contribution is 2.21. The molecule has 0 saturated carbocycles. The van der Waals surface area contributed by atoms with Crippen LogP contribution in [0.25, 0.3) is 5.83 Å². The second kappa shape index (κ2) is 5.45. The minimum Gasteiger partial charge on any atom is -0.288 e. The van der Waals surface area contributed by atoms with Gasteiger partial charge in [0.25, 0.3) is 0 Å². The average Bonchev–Trinajstić information content (AvgIpc) is 2.25. The first-order valence-electron chi connectivity index (χ1n) is 4.41. The van der Waals surface area contributed by atoms with Gasteiger partial charge in [-0.15, -0.1) is 0 Å². The Bertz CT molecular complexity index is 499. The van der Waals surface area contributed by atoms with Crippen LogP contribution in [-0.2, 0) is 15.4 Å². The van der Waals surface area contributed by atoms with Crippen molar-refractivity contribution in [3.05, 3.63) is 41.6 Å². The Morgan fingerprint density at radius 2 is 2.12 bits per heavy atom. The second-order valence-electron chi connectivity index (χ2n) is 3.17. The van der Waals surface area contributed by atoms with E-state index in [9.17, 15) is 12.8 Å². The molecule has 0 aromatic heterocycles. The molecule has 0 fully saturated rings. The van der Waals surface area contributed by atoms with Gasteiger partial charge in [0.2, 0.25) is 10.0 Å². The van der Waals surface area contributed by atoms with Gasteiger partial charge in [0.05, 0.1) is 6.26 Å². The van der Waals surface area contributed by atoms with Crippen LogP contribution < -0.4 is 4.72 Å². The molecular formula is C10H11BrFNO2S. The number of hydrogen-bond donors (Lipinski definition) is 1. The normalized spacial score (nSPS) is 12.6. The quantitative estimate of drug-likeness (QED) is 0.868. The predicted octanol–water partition coefficient (Wildman–Crippen LogP) is 2.40. The molecule has 1 aromatic carbocycles. The van der Waals surface area contributed by atoms with Gasteiger partial charge in [-0.25, -0.2) is 12.8 Å². The van der Waals surface area contributed by atoms with Gasteiger partial charge in [0.1, 0.15) is 5.83 Å². The molecule has 0 saturated heterocycles. The van der Waals surface area contributed by atoms with Crippen LogP contribution in [0, 0.1) is 0 Å². The summed E-state index contributed by atoms with van der Waals surface area (Å²) in [5.41, 5.74) is 1.13. The third kappa shape index (κ3) is 3.94. The third-order valence-corrected chi connectivity index (χ3v) is 2.97. The summed E-state index contributed by atoms with van der Waals surface area (Å²) in [7, 11) is -3.42. The zero-order valence-electron chi connectivity index (χ0n) is 8.57. The predicted molar refractivity (Wildman–Crippen MR) is 66.1 cm³/mol. The zero-order valence-corrected chi connectivity index (χ0v) is 11.0. The molecule has 1 N–H and O–H groups in total. The van der Waals surface area contributed by atoms with Gasteiger partial charge in [-0.05, 0) is 5.56 Å². The van der Waals surface area contributed by atoms with E-state index >= 15 is 0 Å². The van der Waals surface area contributed by atoms with Gasteiger partial charge >= 0.3 is 0 Å². The molecule has 0 radical (unpaired) electrons. The Kier molecular flexibility index (Phi) is 4.49. The van der Waals surface area contributed by atoms with E-state index in [-0.39, 0.29) is 0 Å². The van der Waals surface area contributed by atoms with E-state index in [0.717, 1.165) is 18.0 Å². The van der Waals surface area contributed by atoms with Crippen molar-refractivity contribution in [2.24, 2.45) is 0 Å². The summed E-state index contributed by atoms with van der Waals surface area (Å²) in [5.74, 6) is -0.611. The highest BCUT2D eigenvalue weighted by molar-refractivity contribution is 9.08. The number of nitrogens with one attached hydrogen (secondary N) is 1. The summed E-state index contributed by atoms with van der Waals surface area (Å²) in [5, 5.41) is 0.503. The largest absolute Gasteiger partial charge is 0.288 e. The highest BCUT2D eigenvalue weighted by atomic mass is 79.9. The number of hydrogen-bond acceptors (Lipinski definition) is 2. The molecule has 16 heavy (non-hydrogen) atoms. The fourth-order valence-corrected chi connectivity index (χ4v) is 1.91. The van der Waals surface area contributed by atoms with Crippen molar-refractivity contribution in [2.45, 2.75) is 5.33 Å². The standard InChI is InChI=1S/C10H11BrFNO2S/c1-16(14,15)13-7-10(12)9-5-3-2-4-8(9)6-11/h2-5,7,13H,6H2,1H3/b10-7+. The molecule has 0 bridgehead atoms. The lowest BCUT2D eigenvalue weighted by atomic mass is 10.1. The first-order valence-corrected chi connectivity index (χ1v) is 7.42. The smallest absolute Gasteiger partial charge is 0.229 e. The molecule has 0 aliphatic heterocycles. The van der Waals surface area contributed by atoms with E-state index in [1.54, 1.807) is 24.3 Å². The summed E-state index contributed by atoms with van der Waals surface area (Å²) >= 11 is 3.23. The molecule has 1 rings (SSSR count). The molecule has 0 amide bonds. The Morgan fingerprint density at radius 1 is 1.50 bits per heavy atom. The lowest BCUT2D eigenvalue weighted by molar-refractivity contribution is 0.596. The van der Waals surface area contributed by atoms with Gasteiger partial charge in [0.15, 0.2) is 0 Å². The van der Waals surface area contributed by atoms with Crippen LogP contribution in [0.3, 0.4) is 0 Å². The Labute approximate surface area is 103 Å². The van der Waals surface area contributed by atoms with Crippen molar-refractivity contribution in [1.29, 1.82) is 0 Å². The topological polar surface area (TPSA) is 46.2 Å². The van der Waals surface area contributed by atoms with Crippen molar-refractivity contribution in [3.8, 4) is 0 Å². The van der Waals surface area contributed by atoms with Crippen LogP contribution in [0.1, 0.15) is 11.1 Å². The fourth-order valence-electron chi connectivity index (χ4n) is 1.11. The Morgan fingerprint density at radius 3 is 2.69 bits per heavy atom. The van der Waals surface area contributed by atoms with E-state index in [1.165, 1.54) is 0 Å². The van der Waals surface area contributed by atoms with E-state index in [2.05, 4.69) is 15.9 Å². The summed E-state index contributed by atoms with van der Waals surface area (Å²) in [6.07, 6.45) is 1.81. The summed E-state index contributed by atoms with van der Waals surface area (Å²) < 4.78 is 37.2. The minimum atomic E-state index is -3.42. The van der Waals surface area contributed by atoms with E-state index in [4.69, 9.17) is 0 Å².